The molecule has 2 aromatic carbocycles. The zero-order valence-corrected chi connectivity index (χ0v) is 18.2. The second-order valence-electron chi connectivity index (χ2n) is 7.57. The van der Waals surface area contributed by atoms with Crippen molar-refractivity contribution in [1.82, 2.24) is 14.9 Å². The lowest BCUT2D eigenvalue weighted by Crippen LogP contribution is -2.16. The molecule has 0 unspecified atom stereocenters. The second-order valence-corrected chi connectivity index (χ2v) is 7.57. The Kier molecular flexibility index (Phi) is 6.52. The van der Waals surface area contributed by atoms with Gasteiger partial charge in [-0.25, -0.2) is 18.2 Å². The molecule has 0 saturated heterocycles. The maximum Gasteiger partial charge on any atom is 0.261 e. The molecule has 1 amide bonds. The van der Waals surface area contributed by atoms with Gasteiger partial charge in [0.15, 0.2) is 11.6 Å². The predicted octanol–water partition coefficient (Wildman–Crippen LogP) is 4.94. The van der Waals surface area contributed by atoms with Gasteiger partial charge >= 0.3 is 0 Å². The first-order chi connectivity index (χ1) is 16.3. The lowest BCUT2D eigenvalue weighted by Gasteiger charge is -2.11. The number of anilines is 1. The van der Waals surface area contributed by atoms with Crippen molar-refractivity contribution in [2.24, 2.45) is 0 Å². The number of fused-ring (bicyclic) bond motifs is 1. The van der Waals surface area contributed by atoms with Crippen LogP contribution in [0.2, 0.25) is 0 Å². The van der Waals surface area contributed by atoms with Gasteiger partial charge < -0.3 is 15.0 Å². The first-order valence-corrected chi connectivity index (χ1v) is 10.2. The molecule has 0 bridgehead atoms. The Hall–Kier alpha value is -4.29. The molecule has 0 spiro atoms. The van der Waals surface area contributed by atoms with Crippen LogP contribution in [0.1, 0.15) is 15.9 Å². The van der Waals surface area contributed by atoms with Crippen LogP contribution in [0.25, 0.3) is 11.0 Å². The van der Waals surface area contributed by atoms with E-state index in [0.29, 0.717) is 28.9 Å². The number of pyridine rings is 1. The molecular weight excluding hydrogens is 445 g/mol. The average molecular weight is 464 g/mol. The number of rotatable bonds is 5. The molecule has 0 aliphatic heterocycles. The lowest BCUT2D eigenvalue weighted by atomic mass is 10.1. The van der Waals surface area contributed by atoms with E-state index in [1.807, 2.05) is 19.0 Å². The van der Waals surface area contributed by atoms with E-state index in [2.05, 4.69) is 27.1 Å². The standard InChI is InChI=1S/C25H19F3N4O2/c1-32(2)12-4-5-15-14-30-24-22(15)21(10-11-29-24)34-20-9-8-16(13-19(20)28)31-25(33)23-17(26)6-3-7-18(23)27/h3,6-11,13-14H,12H2,1-2H3,(H,29,30)(H,31,33). The number of benzene rings is 2. The molecule has 0 saturated carbocycles. The van der Waals surface area contributed by atoms with Crippen molar-refractivity contribution >= 4 is 22.6 Å². The third-order valence-electron chi connectivity index (χ3n) is 4.75. The predicted molar refractivity (Wildman–Crippen MR) is 122 cm³/mol. The molecule has 2 N–H and O–H groups in total. The van der Waals surface area contributed by atoms with E-state index in [-0.39, 0.29) is 11.4 Å². The molecule has 9 heteroatoms. The largest absolute Gasteiger partial charge is 0.453 e. The third kappa shape index (κ3) is 4.87. The molecule has 0 radical (unpaired) electrons. The minimum atomic E-state index is -1.03. The molecule has 4 aromatic rings. The maximum atomic E-state index is 14.8. The lowest BCUT2D eigenvalue weighted by molar-refractivity contribution is 0.101. The fourth-order valence-corrected chi connectivity index (χ4v) is 3.19. The zero-order valence-electron chi connectivity index (χ0n) is 18.2. The number of nitrogens with zero attached hydrogens (tertiary/aromatic N) is 2. The zero-order chi connectivity index (χ0) is 24.2. The quantitative estimate of drug-likeness (QED) is 0.411. The number of ether oxygens (including phenoxy) is 1. The highest BCUT2D eigenvalue weighted by Crippen LogP contribution is 2.33. The highest BCUT2D eigenvalue weighted by molar-refractivity contribution is 6.04. The topological polar surface area (TPSA) is 70.2 Å². The number of aromatic nitrogens is 2. The van der Waals surface area contributed by atoms with E-state index in [4.69, 9.17) is 4.74 Å². The van der Waals surface area contributed by atoms with Crippen LogP contribution in [0.4, 0.5) is 18.9 Å². The van der Waals surface area contributed by atoms with Gasteiger partial charge in [0, 0.05) is 24.1 Å². The summed E-state index contributed by atoms with van der Waals surface area (Å²) in [5, 5.41) is 2.88. The van der Waals surface area contributed by atoms with Gasteiger partial charge in [0.2, 0.25) is 0 Å². The van der Waals surface area contributed by atoms with Gasteiger partial charge in [-0.2, -0.15) is 0 Å². The summed E-state index contributed by atoms with van der Waals surface area (Å²) in [6, 6.07) is 8.33. The summed E-state index contributed by atoms with van der Waals surface area (Å²) in [5.41, 5.74) is 0.436. The Morgan fingerprint density at radius 2 is 1.85 bits per heavy atom. The van der Waals surface area contributed by atoms with Gasteiger partial charge in [-0.1, -0.05) is 17.9 Å². The smallest absolute Gasteiger partial charge is 0.261 e. The number of carbonyl (C=O) groups is 1. The van der Waals surface area contributed by atoms with Gasteiger partial charge in [-0.05, 0) is 44.4 Å². The van der Waals surface area contributed by atoms with Crippen molar-refractivity contribution in [3.05, 3.63) is 83.4 Å². The van der Waals surface area contributed by atoms with Crippen molar-refractivity contribution in [2.45, 2.75) is 0 Å². The molecule has 4 rings (SSSR count). The molecule has 172 valence electrons. The number of hydrogen-bond donors (Lipinski definition) is 2. The van der Waals surface area contributed by atoms with Gasteiger partial charge in [0.1, 0.15) is 28.6 Å². The Morgan fingerprint density at radius 3 is 2.56 bits per heavy atom. The number of halogens is 3. The van der Waals surface area contributed by atoms with Crippen LogP contribution in [0.15, 0.2) is 54.9 Å². The van der Waals surface area contributed by atoms with E-state index in [1.54, 1.807) is 12.3 Å². The molecule has 0 aliphatic carbocycles. The SMILES string of the molecule is CN(C)CC#Cc1c[nH]c2nccc(Oc3ccc(NC(=O)c4c(F)cccc4F)cc3F)c12. The number of hydrogen-bond acceptors (Lipinski definition) is 4. The van der Waals surface area contributed by atoms with E-state index in [0.717, 1.165) is 24.3 Å². The number of carbonyl (C=O) groups excluding carboxylic acids is 1. The number of aromatic amines is 1. The van der Waals surface area contributed by atoms with Gasteiger partial charge in [0.25, 0.3) is 5.91 Å². The first-order valence-electron chi connectivity index (χ1n) is 10.2. The summed E-state index contributed by atoms with van der Waals surface area (Å²) in [6.07, 6.45) is 3.21. The summed E-state index contributed by atoms with van der Waals surface area (Å²) in [6.45, 7) is 0.557. The van der Waals surface area contributed by atoms with Crippen LogP contribution in [-0.2, 0) is 0 Å². The van der Waals surface area contributed by atoms with Crippen molar-refractivity contribution in [1.29, 1.82) is 0 Å². The molecule has 0 aliphatic rings. The van der Waals surface area contributed by atoms with Crippen molar-refractivity contribution < 1.29 is 22.7 Å². The Bertz CT molecular complexity index is 1420. The number of amides is 1. The summed E-state index contributed by atoms with van der Waals surface area (Å²) in [4.78, 5) is 21.4. The Balaban J connectivity index is 1.58. The third-order valence-corrected chi connectivity index (χ3v) is 4.75. The maximum absolute atomic E-state index is 14.8. The first kappa shape index (κ1) is 22.9. The minimum Gasteiger partial charge on any atom is -0.453 e. The fourth-order valence-electron chi connectivity index (χ4n) is 3.19. The van der Waals surface area contributed by atoms with E-state index in [1.165, 1.54) is 18.3 Å². The normalized spacial score (nSPS) is 10.8. The molecule has 0 fully saturated rings. The summed E-state index contributed by atoms with van der Waals surface area (Å²) in [7, 11) is 3.81. The summed E-state index contributed by atoms with van der Waals surface area (Å²) < 4.78 is 48.2. The van der Waals surface area contributed by atoms with Gasteiger partial charge in [0.05, 0.1) is 17.5 Å². The van der Waals surface area contributed by atoms with Gasteiger partial charge in [-0.3, -0.25) is 9.69 Å². The molecule has 6 nitrogen and oxygen atoms in total. The van der Waals surface area contributed by atoms with Crippen LogP contribution < -0.4 is 10.1 Å². The van der Waals surface area contributed by atoms with E-state index < -0.39 is 28.9 Å². The van der Waals surface area contributed by atoms with Crippen LogP contribution in [0, 0.1) is 29.3 Å². The van der Waals surface area contributed by atoms with E-state index in [9.17, 15) is 18.0 Å². The van der Waals surface area contributed by atoms with E-state index >= 15 is 0 Å². The monoisotopic (exact) mass is 464 g/mol. The molecular formula is C25H19F3N4O2. The molecule has 2 heterocycles. The van der Waals surface area contributed by atoms with Crippen LogP contribution in [0.3, 0.4) is 0 Å². The molecule has 34 heavy (non-hydrogen) atoms. The Labute approximate surface area is 193 Å². The fraction of sp³-hybridized carbons (Fsp3) is 0.120. The van der Waals surface area contributed by atoms with Gasteiger partial charge in [-0.15, -0.1) is 0 Å². The Morgan fingerprint density at radius 1 is 1.09 bits per heavy atom. The summed E-state index contributed by atoms with van der Waals surface area (Å²) >= 11 is 0. The van der Waals surface area contributed by atoms with Crippen LogP contribution in [0.5, 0.6) is 11.5 Å². The minimum absolute atomic E-state index is 0.00858. The van der Waals surface area contributed by atoms with Crippen LogP contribution in [-0.4, -0.2) is 41.4 Å². The highest BCUT2D eigenvalue weighted by atomic mass is 19.1. The highest BCUT2D eigenvalue weighted by Gasteiger charge is 2.18. The average Bonchev–Trinajstić information content (AvgIpc) is 3.19. The number of nitrogens with one attached hydrogen (secondary N) is 2. The number of H-pyrrole nitrogens is 1. The van der Waals surface area contributed by atoms with Crippen molar-refractivity contribution in [3.8, 4) is 23.3 Å². The molecule has 2 aromatic heterocycles. The van der Waals surface area contributed by atoms with Crippen LogP contribution >= 0.6 is 0 Å². The summed E-state index contributed by atoms with van der Waals surface area (Å²) in [5.74, 6) is 2.45. The second kappa shape index (κ2) is 9.68. The molecule has 0 atom stereocenters. The van der Waals surface area contributed by atoms with Crippen molar-refractivity contribution in [2.75, 3.05) is 26.0 Å². The van der Waals surface area contributed by atoms with Crippen molar-refractivity contribution in [3.63, 3.8) is 0 Å².